The number of fused-ring (bicyclic) bond motifs is 1. The second-order valence-electron chi connectivity index (χ2n) is 4.91. The van der Waals surface area contributed by atoms with Crippen molar-refractivity contribution in [2.75, 3.05) is 22.5 Å². The minimum atomic E-state index is -0.178. The smallest absolute Gasteiger partial charge is 0.326 e. The van der Waals surface area contributed by atoms with Crippen LogP contribution in [0.1, 0.15) is 11.1 Å². The highest BCUT2D eigenvalue weighted by Gasteiger charge is 2.24. The molecule has 0 atom stereocenters. The molecule has 0 saturated carbocycles. The summed E-state index contributed by atoms with van der Waals surface area (Å²) in [6.45, 7) is 0.640. The van der Waals surface area contributed by atoms with Crippen LogP contribution in [0, 0.1) is 11.3 Å². The van der Waals surface area contributed by atoms with Crippen LogP contribution in [0.25, 0.3) is 0 Å². The molecule has 0 fully saturated rings. The first-order valence-corrected chi connectivity index (χ1v) is 6.64. The second-order valence-corrected chi connectivity index (χ2v) is 4.91. The van der Waals surface area contributed by atoms with Crippen molar-refractivity contribution in [2.24, 2.45) is 0 Å². The number of carbonyl (C=O) groups is 1. The third kappa shape index (κ3) is 2.51. The molecule has 2 aromatic carbocycles. The average molecular weight is 278 g/mol. The quantitative estimate of drug-likeness (QED) is 0.787. The molecule has 0 unspecified atom stereocenters. The average Bonchev–Trinajstić information content (AvgIpc) is 2.91. The van der Waals surface area contributed by atoms with E-state index in [1.54, 1.807) is 35.2 Å². The summed E-state index contributed by atoms with van der Waals surface area (Å²) >= 11 is 0. The van der Waals surface area contributed by atoms with E-state index >= 15 is 0 Å². The molecule has 0 aromatic heterocycles. The lowest BCUT2D eigenvalue weighted by atomic mass is 10.1. The number of nitrogen functional groups attached to an aromatic ring is 1. The van der Waals surface area contributed by atoms with Crippen LogP contribution in [-0.2, 0) is 6.42 Å². The minimum absolute atomic E-state index is 0.178. The van der Waals surface area contributed by atoms with E-state index in [1.807, 2.05) is 18.2 Å². The minimum Gasteiger partial charge on any atom is -0.399 e. The Bertz CT molecular complexity index is 731. The summed E-state index contributed by atoms with van der Waals surface area (Å²) < 4.78 is 0. The topological polar surface area (TPSA) is 82.2 Å². The van der Waals surface area contributed by atoms with Gasteiger partial charge in [0.2, 0.25) is 0 Å². The number of amides is 2. The highest BCUT2D eigenvalue weighted by atomic mass is 16.2. The molecule has 0 aliphatic carbocycles. The van der Waals surface area contributed by atoms with Crippen molar-refractivity contribution < 1.29 is 4.79 Å². The summed E-state index contributed by atoms with van der Waals surface area (Å²) in [5.41, 5.74) is 9.69. The maximum atomic E-state index is 12.3. The summed E-state index contributed by atoms with van der Waals surface area (Å²) in [5.74, 6) is 0. The molecule has 21 heavy (non-hydrogen) atoms. The van der Waals surface area contributed by atoms with Gasteiger partial charge in [0.1, 0.15) is 0 Å². The fraction of sp³-hybridized carbons (Fsp3) is 0.125. The highest BCUT2D eigenvalue weighted by molar-refractivity contribution is 6.03. The molecular formula is C16H14N4O. The van der Waals surface area contributed by atoms with Gasteiger partial charge in [0.15, 0.2) is 0 Å². The number of hydrogen-bond donors (Lipinski definition) is 2. The van der Waals surface area contributed by atoms with Crippen LogP contribution in [-0.4, -0.2) is 12.6 Å². The lowest BCUT2D eigenvalue weighted by Crippen LogP contribution is -2.33. The normalized spacial score (nSPS) is 12.6. The van der Waals surface area contributed by atoms with Gasteiger partial charge in [0, 0.05) is 23.6 Å². The number of hydrogen-bond acceptors (Lipinski definition) is 3. The van der Waals surface area contributed by atoms with Crippen molar-refractivity contribution in [3.8, 4) is 6.07 Å². The van der Waals surface area contributed by atoms with Crippen LogP contribution < -0.4 is 16.0 Å². The molecule has 2 amide bonds. The van der Waals surface area contributed by atoms with E-state index in [2.05, 4.69) is 5.32 Å². The van der Waals surface area contributed by atoms with Gasteiger partial charge in [-0.2, -0.15) is 5.26 Å². The molecule has 0 radical (unpaired) electrons. The number of benzene rings is 2. The van der Waals surface area contributed by atoms with Gasteiger partial charge in [0.25, 0.3) is 0 Å². The first kappa shape index (κ1) is 13.0. The Balaban J connectivity index is 1.77. The van der Waals surface area contributed by atoms with Crippen molar-refractivity contribution in [1.29, 1.82) is 5.26 Å². The van der Waals surface area contributed by atoms with Crippen LogP contribution in [0.5, 0.6) is 0 Å². The number of carbonyl (C=O) groups excluding carboxylic acids is 1. The van der Waals surface area contributed by atoms with Crippen molar-refractivity contribution >= 4 is 23.1 Å². The summed E-state index contributed by atoms with van der Waals surface area (Å²) in [4.78, 5) is 14.0. The molecule has 1 aliphatic rings. The van der Waals surface area contributed by atoms with E-state index in [9.17, 15) is 4.79 Å². The van der Waals surface area contributed by atoms with Crippen molar-refractivity contribution in [3.05, 3.63) is 53.6 Å². The number of nitriles is 1. The Kier molecular flexibility index (Phi) is 3.20. The maximum Gasteiger partial charge on any atom is 0.326 e. The van der Waals surface area contributed by atoms with Gasteiger partial charge in [-0.25, -0.2) is 4.79 Å². The van der Waals surface area contributed by atoms with E-state index in [0.717, 1.165) is 17.7 Å². The monoisotopic (exact) mass is 278 g/mol. The predicted octanol–water partition coefficient (Wildman–Crippen LogP) is 2.74. The zero-order valence-electron chi connectivity index (χ0n) is 11.3. The van der Waals surface area contributed by atoms with E-state index in [1.165, 1.54) is 0 Å². The lowest BCUT2D eigenvalue weighted by molar-refractivity contribution is 0.257. The number of nitrogens with zero attached hydrogens (tertiary/aromatic N) is 2. The number of urea groups is 1. The summed E-state index contributed by atoms with van der Waals surface area (Å²) in [5, 5.41) is 11.6. The van der Waals surface area contributed by atoms with E-state index in [4.69, 9.17) is 11.0 Å². The Morgan fingerprint density at radius 3 is 2.71 bits per heavy atom. The van der Waals surface area contributed by atoms with Crippen molar-refractivity contribution in [2.45, 2.75) is 6.42 Å². The third-order valence-corrected chi connectivity index (χ3v) is 3.51. The maximum absolute atomic E-state index is 12.3. The van der Waals surface area contributed by atoms with Crippen molar-refractivity contribution in [1.82, 2.24) is 0 Å². The van der Waals surface area contributed by atoms with Gasteiger partial charge in [-0.3, -0.25) is 4.90 Å². The van der Waals surface area contributed by atoms with Crippen LogP contribution in [0.2, 0.25) is 0 Å². The molecule has 0 spiro atoms. The summed E-state index contributed by atoms with van der Waals surface area (Å²) in [6, 6.07) is 14.2. The Morgan fingerprint density at radius 2 is 2.00 bits per heavy atom. The van der Waals surface area contributed by atoms with E-state index in [-0.39, 0.29) is 6.03 Å². The second kappa shape index (κ2) is 5.17. The number of nitrogens with two attached hydrogens (primary N) is 1. The molecule has 104 valence electrons. The molecule has 1 heterocycles. The Hall–Kier alpha value is -3.00. The SMILES string of the molecule is N#Cc1ccc(NC(=O)N2CCc3cc(N)ccc32)cc1. The molecular weight excluding hydrogens is 264 g/mol. The molecule has 5 heteroatoms. The fourth-order valence-corrected chi connectivity index (χ4v) is 2.45. The van der Waals surface area contributed by atoms with Crippen LogP contribution >= 0.6 is 0 Å². The zero-order valence-corrected chi connectivity index (χ0v) is 11.3. The molecule has 0 saturated heterocycles. The molecule has 1 aliphatic heterocycles. The van der Waals surface area contributed by atoms with E-state index in [0.29, 0.717) is 23.5 Å². The molecule has 5 nitrogen and oxygen atoms in total. The van der Waals surface area contributed by atoms with Gasteiger partial charge in [0.05, 0.1) is 11.6 Å². The number of rotatable bonds is 1. The number of nitrogens with one attached hydrogen (secondary N) is 1. The van der Waals surface area contributed by atoms with Gasteiger partial charge >= 0.3 is 6.03 Å². The van der Waals surface area contributed by atoms with Gasteiger partial charge in [-0.15, -0.1) is 0 Å². The van der Waals surface area contributed by atoms with Crippen LogP contribution in [0.3, 0.4) is 0 Å². The van der Waals surface area contributed by atoms with Gasteiger partial charge in [-0.05, 0) is 54.4 Å². The molecule has 3 rings (SSSR count). The summed E-state index contributed by atoms with van der Waals surface area (Å²) in [7, 11) is 0. The Labute approximate surface area is 122 Å². The largest absolute Gasteiger partial charge is 0.399 e. The first-order valence-electron chi connectivity index (χ1n) is 6.64. The fourth-order valence-electron chi connectivity index (χ4n) is 2.45. The predicted molar refractivity (Wildman–Crippen MR) is 82.1 cm³/mol. The zero-order chi connectivity index (χ0) is 14.8. The van der Waals surface area contributed by atoms with Crippen LogP contribution in [0.4, 0.5) is 21.9 Å². The number of anilines is 3. The highest BCUT2D eigenvalue weighted by Crippen LogP contribution is 2.30. The molecule has 0 bridgehead atoms. The molecule has 2 aromatic rings. The first-order chi connectivity index (χ1) is 10.2. The van der Waals surface area contributed by atoms with Crippen LogP contribution in [0.15, 0.2) is 42.5 Å². The molecule has 3 N–H and O–H groups in total. The third-order valence-electron chi connectivity index (χ3n) is 3.51. The van der Waals surface area contributed by atoms with E-state index < -0.39 is 0 Å². The van der Waals surface area contributed by atoms with Gasteiger partial charge < -0.3 is 11.1 Å². The summed E-state index contributed by atoms with van der Waals surface area (Å²) in [6.07, 6.45) is 0.807. The Morgan fingerprint density at radius 1 is 1.24 bits per heavy atom. The standard InChI is InChI=1S/C16H14N4O/c17-10-11-1-4-14(5-2-11)19-16(21)20-8-7-12-9-13(18)3-6-15(12)20/h1-6,9H,7-8,18H2,(H,19,21). The van der Waals surface area contributed by atoms with Crippen molar-refractivity contribution in [3.63, 3.8) is 0 Å². The van der Waals surface area contributed by atoms with Gasteiger partial charge in [-0.1, -0.05) is 0 Å². The lowest BCUT2D eigenvalue weighted by Gasteiger charge is -2.18.